The first-order valence-corrected chi connectivity index (χ1v) is 14.4. The largest absolute Gasteiger partial charge is 0.450 e. The van der Waals surface area contributed by atoms with E-state index in [9.17, 15) is 14.7 Å². The topological polar surface area (TPSA) is 90.9 Å². The Kier molecular flexibility index (Phi) is 12.3. The van der Waals surface area contributed by atoms with E-state index in [1.165, 1.54) is 0 Å². The molecule has 0 bridgehead atoms. The number of fused-ring (bicyclic) bond motifs is 1. The van der Waals surface area contributed by atoms with Gasteiger partial charge in [-0.2, -0.15) is 0 Å². The number of aliphatic hydroxyl groups excluding tert-OH is 1. The number of β-amino-alcohol motifs (C(OH)–C–C–N with tert-alkyl or cyclic N) is 1. The maximum atomic E-state index is 13.3. The van der Waals surface area contributed by atoms with Crippen molar-refractivity contribution in [2.75, 3.05) is 26.2 Å². The number of nitrogens with zero attached hydrogens (tertiary/aromatic N) is 1. The van der Waals surface area contributed by atoms with Gasteiger partial charge in [0.05, 0.1) is 32.6 Å². The maximum Gasteiger partial charge on any atom is 0.407 e. The fourth-order valence-electron chi connectivity index (χ4n) is 5.81. The van der Waals surface area contributed by atoms with Crippen LogP contribution in [0.15, 0.2) is 30.3 Å². The number of ether oxygens (including phenoxy) is 1. The molecule has 37 heavy (non-hydrogen) atoms. The van der Waals surface area contributed by atoms with Crippen LogP contribution in [0.3, 0.4) is 0 Å². The van der Waals surface area contributed by atoms with E-state index >= 15 is 0 Å². The summed E-state index contributed by atoms with van der Waals surface area (Å²) in [6, 6.07) is 8.97. The van der Waals surface area contributed by atoms with Gasteiger partial charge in [-0.3, -0.25) is 9.69 Å². The monoisotopic (exact) mass is 511 g/mol. The number of benzene rings is 1. The second-order valence-electron chi connectivity index (χ2n) is 10.9. The quantitative estimate of drug-likeness (QED) is 0.277. The Bertz CT molecular complexity index is 827. The first-order valence-electron chi connectivity index (χ1n) is 14.4. The summed E-state index contributed by atoms with van der Waals surface area (Å²) >= 11 is 0. The molecule has 1 saturated carbocycles. The zero-order valence-corrected chi connectivity index (χ0v) is 22.7. The zero-order valence-electron chi connectivity index (χ0n) is 22.7. The maximum absolute atomic E-state index is 13.3. The summed E-state index contributed by atoms with van der Waals surface area (Å²) in [4.78, 5) is 27.9. The van der Waals surface area contributed by atoms with Crippen LogP contribution < -0.4 is 10.6 Å². The number of amides is 2. The number of likely N-dealkylation sites (tertiary alicyclic amines) is 1. The van der Waals surface area contributed by atoms with E-state index in [0.29, 0.717) is 38.0 Å². The summed E-state index contributed by atoms with van der Waals surface area (Å²) in [6.45, 7) is 6.14. The molecule has 8 heteroatoms. The van der Waals surface area contributed by atoms with Crippen LogP contribution in [0.25, 0.3) is 0 Å². The normalized spacial score (nSPS) is 25.5. The van der Waals surface area contributed by atoms with Crippen LogP contribution >= 0.6 is 0 Å². The third-order valence-electron chi connectivity index (χ3n) is 8.03. The van der Waals surface area contributed by atoms with Crippen molar-refractivity contribution in [1.29, 1.82) is 0 Å². The third kappa shape index (κ3) is 9.03. The van der Waals surface area contributed by atoms with Crippen molar-refractivity contribution in [3.05, 3.63) is 35.9 Å². The second kappa shape index (κ2) is 15.4. The lowest BCUT2D eigenvalue weighted by Gasteiger charge is -2.49. The summed E-state index contributed by atoms with van der Waals surface area (Å²) < 4.78 is 5.33. The van der Waals surface area contributed by atoms with Crippen LogP contribution in [0.2, 0.25) is 5.82 Å². The Hall–Kier alpha value is -2.06. The average molecular weight is 512 g/mol. The van der Waals surface area contributed by atoms with E-state index in [2.05, 4.69) is 22.5 Å². The second-order valence-corrected chi connectivity index (χ2v) is 10.9. The highest BCUT2D eigenvalue weighted by molar-refractivity contribution is 6.11. The zero-order chi connectivity index (χ0) is 26.6. The van der Waals surface area contributed by atoms with Gasteiger partial charge in [0.15, 0.2) is 0 Å². The molecule has 1 aromatic rings. The molecule has 2 fully saturated rings. The fourth-order valence-corrected chi connectivity index (χ4v) is 5.81. The summed E-state index contributed by atoms with van der Waals surface area (Å²) in [5.41, 5.74) is 1.02. The van der Waals surface area contributed by atoms with Crippen molar-refractivity contribution < 1.29 is 19.4 Å². The third-order valence-corrected chi connectivity index (χ3v) is 8.03. The predicted octanol–water partition coefficient (Wildman–Crippen LogP) is 3.85. The summed E-state index contributed by atoms with van der Waals surface area (Å²) in [5, 5.41) is 17.5. The highest BCUT2D eigenvalue weighted by Crippen LogP contribution is 2.43. The van der Waals surface area contributed by atoms with Crippen molar-refractivity contribution in [3.8, 4) is 0 Å². The molecule has 0 spiro atoms. The van der Waals surface area contributed by atoms with Gasteiger partial charge in [0.25, 0.3) is 0 Å². The number of hydrogen-bond acceptors (Lipinski definition) is 5. The minimum atomic E-state index is -0.874. The smallest absolute Gasteiger partial charge is 0.407 e. The van der Waals surface area contributed by atoms with Crippen molar-refractivity contribution in [3.63, 3.8) is 0 Å². The number of piperidine rings is 1. The van der Waals surface area contributed by atoms with Crippen molar-refractivity contribution in [2.45, 2.75) is 95.6 Å². The standard InChI is InChI=1S/C29H46BN3O4/c1-3-5-15-31-28(35)26-18-22-13-10-14-24(30)23(22)19-33(26)20-27(34)25(17-21-11-8-7-9-12-21)32-29(36)37-16-6-4-2/h7-9,11-12,22-27,34H,3-6,10,13-20H2,1-2H3,(H,31,35)(H,32,36)/t22-,23+,24?,25-,26-,27+/m0/s1. The van der Waals surface area contributed by atoms with Crippen molar-refractivity contribution in [1.82, 2.24) is 15.5 Å². The molecular weight excluding hydrogens is 465 g/mol. The molecular formula is C29H46BN3O4. The van der Waals surface area contributed by atoms with E-state index in [-0.39, 0.29) is 24.3 Å². The van der Waals surface area contributed by atoms with Gasteiger partial charge in [-0.25, -0.2) is 4.79 Å². The van der Waals surface area contributed by atoms with Crippen molar-refractivity contribution in [2.24, 2.45) is 11.8 Å². The number of hydrogen-bond donors (Lipinski definition) is 3. The molecule has 0 aromatic heterocycles. The van der Waals surface area contributed by atoms with Gasteiger partial charge in [0.1, 0.15) is 0 Å². The van der Waals surface area contributed by atoms with Crippen LogP contribution in [0, 0.1) is 11.8 Å². The Morgan fingerprint density at radius 1 is 1.16 bits per heavy atom. The highest BCUT2D eigenvalue weighted by Gasteiger charge is 2.43. The molecule has 6 atom stereocenters. The molecule has 3 rings (SSSR count). The van der Waals surface area contributed by atoms with Gasteiger partial charge < -0.3 is 20.5 Å². The minimum absolute atomic E-state index is 0.0322. The van der Waals surface area contributed by atoms with Crippen LogP contribution in [0.4, 0.5) is 4.79 Å². The van der Waals surface area contributed by atoms with Crippen LogP contribution in [-0.4, -0.2) is 74.3 Å². The molecule has 3 N–H and O–H groups in total. The summed E-state index contributed by atoms with van der Waals surface area (Å²) in [5.74, 6) is 0.908. The molecule has 204 valence electrons. The molecule has 2 aliphatic rings. The molecule has 1 aliphatic heterocycles. The summed E-state index contributed by atoms with van der Waals surface area (Å²) in [6.07, 6.45) is 6.76. The van der Waals surface area contributed by atoms with E-state index in [1.807, 2.05) is 37.3 Å². The van der Waals surface area contributed by atoms with Crippen LogP contribution in [-0.2, 0) is 16.0 Å². The average Bonchev–Trinajstić information content (AvgIpc) is 2.89. The molecule has 1 aromatic carbocycles. The minimum Gasteiger partial charge on any atom is -0.450 e. The van der Waals surface area contributed by atoms with Gasteiger partial charge in [0, 0.05) is 19.6 Å². The molecule has 1 unspecified atom stereocenters. The lowest BCUT2D eigenvalue weighted by atomic mass is 9.60. The SMILES string of the molecule is [B]C1CCC[C@H]2C[C@@H](C(=O)NCCCC)N(C[C@@H](O)[C@H](Cc3ccccc3)NC(=O)OCCCC)C[C@@H]12. The van der Waals surface area contributed by atoms with E-state index in [1.54, 1.807) is 0 Å². The van der Waals surface area contributed by atoms with Gasteiger partial charge >= 0.3 is 6.09 Å². The van der Waals surface area contributed by atoms with Crippen LogP contribution in [0.1, 0.15) is 70.8 Å². The molecule has 1 saturated heterocycles. The Balaban J connectivity index is 1.73. The fraction of sp³-hybridized carbons (Fsp3) is 0.724. The number of carbonyl (C=O) groups excluding carboxylic acids is 2. The van der Waals surface area contributed by atoms with Gasteiger partial charge in [-0.05, 0) is 43.1 Å². The number of nitrogens with one attached hydrogen (secondary N) is 2. The number of rotatable bonds is 13. The van der Waals surface area contributed by atoms with Gasteiger partial charge in [-0.1, -0.05) is 82.1 Å². The predicted molar refractivity (Wildman–Crippen MR) is 148 cm³/mol. The van der Waals surface area contributed by atoms with Gasteiger partial charge in [-0.15, -0.1) is 0 Å². The molecule has 7 nitrogen and oxygen atoms in total. The first kappa shape index (κ1) is 29.5. The van der Waals surface area contributed by atoms with Crippen molar-refractivity contribution >= 4 is 19.8 Å². The molecule has 1 aliphatic carbocycles. The van der Waals surface area contributed by atoms with E-state index < -0.39 is 18.2 Å². The lowest BCUT2D eigenvalue weighted by Crippen LogP contribution is -2.59. The number of unbranched alkanes of at least 4 members (excludes halogenated alkanes) is 2. The van der Waals surface area contributed by atoms with E-state index in [4.69, 9.17) is 12.6 Å². The Morgan fingerprint density at radius 2 is 1.92 bits per heavy atom. The number of aliphatic hydroxyl groups is 1. The first-order chi connectivity index (χ1) is 17.9. The molecule has 2 radical (unpaired) electrons. The number of alkyl carbamates (subject to hydrolysis) is 1. The lowest BCUT2D eigenvalue weighted by molar-refractivity contribution is -0.131. The molecule has 2 amide bonds. The van der Waals surface area contributed by atoms with Crippen LogP contribution in [0.5, 0.6) is 0 Å². The Labute approximate surface area is 224 Å². The highest BCUT2D eigenvalue weighted by atomic mass is 16.5. The molecule has 1 heterocycles. The van der Waals surface area contributed by atoms with Gasteiger partial charge in [0.2, 0.25) is 5.91 Å². The Morgan fingerprint density at radius 3 is 2.65 bits per heavy atom. The van der Waals surface area contributed by atoms with E-state index in [0.717, 1.165) is 56.9 Å². The number of carbonyl (C=O) groups is 2. The summed E-state index contributed by atoms with van der Waals surface area (Å²) in [7, 11) is 6.52.